The number of benzene rings is 2. The minimum Gasteiger partial charge on any atom is -0.379 e. The number of hydrogen-bond donors (Lipinski definition) is 2. The van der Waals surface area contributed by atoms with Gasteiger partial charge in [0.15, 0.2) is 0 Å². The Balaban J connectivity index is 1.65. The Hall–Kier alpha value is -2.99. The van der Waals surface area contributed by atoms with Crippen LogP contribution in [-0.4, -0.2) is 21.8 Å². The second-order valence-electron chi connectivity index (χ2n) is 8.19. The number of aromatic nitrogens is 1. The van der Waals surface area contributed by atoms with Crippen LogP contribution in [0.4, 0.5) is 5.69 Å². The van der Waals surface area contributed by atoms with Crippen molar-refractivity contribution in [1.29, 1.82) is 0 Å². The molecule has 0 bridgehead atoms. The highest BCUT2D eigenvalue weighted by Crippen LogP contribution is 2.36. The molecule has 1 unspecified atom stereocenters. The first-order chi connectivity index (χ1) is 14.5. The maximum Gasteiger partial charge on any atom is 0.366 e. The molecule has 0 radical (unpaired) electrons. The number of rotatable bonds is 5. The lowest BCUT2D eigenvalue weighted by Gasteiger charge is -2.37. The van der Waals surface area contributed by atoms with Gasteiger partial charge in [-0.1, -0.05) is 54.8 Å². The summed E-state index contributed by atoms with van der Waals surface area (Å²) in [6.45, 7) is 1.74. The van der Waals surface area contributed by atoms with Crippen molar-refractivity contribution >= 4 is 22.4 Å². The molecule has 30 heavy (non-hydrogen) atoms. The standard InChI is InChI=1S/C24H26N2O4/c1-16-21-14-19(12-13-20(21)22(27)30-26-16)25-23(28)24(29,18-10-6-3-7-11-18)15-17-8-4-2-5-9-17/h2,4-5,8-9,12-14,18,29H,3,6-7,10-11,15H2,1H3,(H,25,28). The van der Waals surface area contributed by atoms with Gasteiger partial charge in [0, 0.05) is 17.5 Å². The van der Waals surface area contributed by atoms with E-state index < -0.39 is 17.1 Å². The summed E-state index contributed by atoms with van der Waals surface area (Å²) >= 11 is 0. The Morgan fingerprint density at radius 2 is 1.87 bits per heavy atom. The number of carbonyl (C=O) groups is 1. The third kappa shape index (κ3) is 4.00. The number of anilines is 1. The summed E-state index contributed by atoms with van der Waals surface area (Å²) in [6.07, 6.45) is 5.11. The van der Waals surface area contributed by atoms with Crippen LogP contribution >= 0.6 is 0 Å². The number of nitrogens with zero attached hydrogens (tertiary/aromatic N) is 1. The Labute approximate surface area is 174 Å². The molecule has 1 atom stereocenters. The van der Waals surface area contributed by atoms with Crippen LogP contribution < -0.4 is 10.9 Å². The Bertz CT molecular complexity index is 1100. The lowest BCUT2D eigenvalue weighted by atomic mass is 9.73. The van der Waals surface area contributed by atoms with Crippen molar-refractivity contribution in [2.75, 3.05) is 5.32 Å². The fraction of sp³-hybridized carbons (Fsp3) is 0.375. The lowest BCUT2D eigenvalue weighted by molar-refractivity contribution is -0.141. The number of hydrogen-bond acceptors (Lipinski definition) is 5. The topological polar surface area (TPSA) is 92.4 Å². The molecule has 2 N–H and O–H groups in total. The van der Waals surface area contributed by atoms with Gasteiger partial charge in [0.25, 0.3) is 5.91 Å². The normalized spacial score (nSPS) is 16.9. The van der Waals surface area contributed by atoms with Gasteiger partial charge in [0.05, 0.1) is 11.1 Å². The first-order valence-electron chi connectivity index (χ1n) is 10.5. The summed E-state index contributed by atoms with van der Waals surface area (Å²) in [5.41, 5.74) is -0.00861. The number of carbonyl (C=O) groups excluding carboxylic acids is 1. The van der Waals surface area contributed by atoms with Crippen LogP contribution in [-0.2, 0) is 11.2 Å². The van der Waals surface area contributed by atoms with E-state index in [0.29, 0.717) is 22.2 Å². The van der Waals surface area contributed by atoms with E-state index in [0.717, 1.165) is 37.7 Å². The van der Waals surface area contributed by atoms with Crippen LogP contribution in [0.2, 0.25) is 0 Å². The first kappa shape index (κ1) is 20.3. The molecule has 1 saturated carbocycles. The summed E-state index contributed by atoms with van der Waals surface area (Å²) in [6, 6.07) is 14.6. The van der Waals surface area contributed by atoms with E-state index in [-0.39, 0.29) is 12.3 Å². The molecule has 1 heterocycles. The maximum absolute atomic E-state index is 13.4. The van der Waals surface area contributed by atoms with Crippen LogP contribution in [0.5, 0.6) is 0 Å². The third-order valence-corrected chi connectivity index (χ3v) is 6.14. The van der Waals surface area contributed by atoms with Crippen molar-refractivity contribution in [2.45, 2.75) is 51.0 Å². The van der Waals surface area contributed by atoms with E-state index >= 15 is 0 Å². The summed E-state index contributed by atoms with van der Waals surface area (Å²) < 4.78 is 4.76. The van der Waals surface area contributed by atoms with E-state index in [4.69, 9.17) is 4.52 Å². The van der Waals surface area contributed by atoms with Gasteiger partial charge in [-0.05, 0) is 49.4 Å². The van der Waals surface area contributed by atoms with E-state index in [2.05, 4.69) is 10.5 Å². The summed E-state index contributed by atoms with van der Waals surface area (Å²) in [5, 5.41) is 19.3. The third-order valence-electron chi connectivity index (χ3n) is 6.14. The molecule has 1 amide bonds. The van der Waals surface area contributed by atoms with E-state index in [1.54, 1.807) is 25.1 Å². The molecule has 0 spiro atoms. The van der Waals surface area contributed by atoms with Crippen LogP contribution in [0.25, 0.3) is 10.8 Å². The van der Waals surface area contributed by atoms with Gasteiger partial charge in [-0.25, -0.2) is 4.79 Å². The van der Waals surface area contributed by atoms with Crippen LogP contribution in [0, 0.1) is 12.8 Å². The fourth-order valence-electron chi connectivity index (χ4n) is 4.44. The number of aryl methyl sites for hydroxylation is 1. The smallest absolute Gasteiger partial charge is 0.366 e. The molecule has 1 aromatic heterocycles. The molecule has 3 aromatic rings. The minimum atomic E-state index is -1.50. The van der Waals surface area contributed by atoms with Crippen LogP contribution in [0.3, 0.4) is 0 Å². The first-order valence-corrected chi connectivity index (χ1v) is 10.5. The predicted molar refractivity (Wildman–Crippen MR) is 115 cm³/mol. The van der Waals surface area contributed by atoms with Gasteiger partial charge in [0.2, 0.25) is 0 Å². The molecular weight excluding hydrogens is 380 g/mol. The monoisotopic (exact) mass is 406 g/mol. The molecular formula is C24H26N2O4. The average molecular weight is 406 g/mol. The maximum atomic E-state index is 13.4. The van der Waals surface area contributed by atoms with Crippen molar-refractivity contribution in [3.63, 3.8) is 0 Å². The van der Waals surface area contributed by atoms with Crippen molar-refractivity contribution in [3.8, 4) is 0 Å². The fourth-order valence-corrected chi connectivity index (χ4v) is 4.44. The number of amides is 1. The SMILES string of the molecule is Cc1noc(=O)c2ccc(NC(=O)C(O)(Cc3ccccc3)C3CCCCC3)cc12. The van der Waals surface area contributed by atoms with E-state index in [1.807, 2.05) is 30.3 Å². The Kier molecular flexibility index (Phi) is 5.68. The van der Waals surface area contributed by atoms with Crippen molar-refractivity contribution in [2.24, 2.45) is 5.92 Å². The number of aliphatic hydroxyl groups is 1. The van der Waals surface area contributed by atoms with Gasteiger partial charge in [-0.15, -0.1) is 0 Å². The molecule has 0 aliphatic heterocycles. The second kappa shape index (κ2) is 8.40. The molecule has 1 aliphatic rings. The Morgan fingerprint density at radius 1 is 1.13 bits per heavy atom. The van der Waals surface area contributed by atoms with Gasteiger partial charge in [-0.2, -0.15) is 0 Å². The minimum absolute atomic E-state index is 0.0950. The highest BCUT2D eigenvalue weighted by Gasteiger charge is 2.44. The number of fused-ring (bicyclic) bond motifs is 1. The molecule has 1 fully saturated rings. The van der Waals surface area contributed by atoms with E-state index in [1.165, 1.54) is 0 Å². The van der Waals surface area contributed by atoms with Crippen LogP contribution in [0.15, 0.2) is 57.8 Å². The number of nitrogens with one attached hydrogen (secondary N) is 1. The second-order valence-corrected chi connectivity index (χ2v) is 8.19. The zero-order valence-electron chi connectivity index (χ0n) is 17.1. The van der Waals surface area contributed by atoms with Crippen molar-refractivity contribution in [3.05, 3.63) is 70.2 Å². The Morgan fingerprint density at radius 3 is 2.60 bits per heavy atom. The summed E-state index contributed by atoms with van der Waals surface area (Å²) in [7, 11) is 0. The molecule has 4 rings (SSSR count). The molecule has 1 aliphatic carbocycles. The zero-order valence-corrected chi connectivity index (χ0v) is 17.1. The van der Waals surface area contributed by atoms with Crippen molar-refractivity contribution < 1.29 is 14.4 Å². The van der Waals surface area contributed by atoms with Gasteiger partial charge in [-0.3, -0.25) is 4.79 Å². The highest BCUT2D eigenvalue weighted by atomic mass is 16.5. The summed E-state index contributed by atoms with van der Waals surface area (Å²) in [5.74, 6) is -0.506. The molecule has 6 nitrogen and oxygen atoms in total. The van der Waals surface area contributed by atoms with Gasteiger partial charge >= 0.3 is 5.63 Å². The molecule has 6 heteroatoms. The van der Waals surface area contributed by atoms with Gasteiger partial charge < -0.3 is 14.9 Å². The molecule has 0 saturated heterocycles. The quantitative estimate of drug-likeness (QED) is 0.668. The zero-order chi connectivity index (χ0) is 21.1. The summed E-state index contributed by atoms with van der Waals surface area (Å²) in [4.78, 5) is 25.2. The van der Waals surface area contributed by atoms with Gasteiger partial charge in [0.1, 0.15) is 5.60 Å². The largest absolute Gasteiger partial charge is 0.379 e. The lowest BCUT2D eigenvalue weighted by Crippen LogP contribution is -2.51. The van der Waals surface area contributed by atoms with E-state index in [9.17, 15) is 14.7 Å². The van der Waals surface area contributed by atoms with Crippen molar-refractivity contribution in [1.82, 2.24) is 5.16 Å². The molecule has 156 valence electrons. The highest BCUT2D eigenvalue weighted by molar-refractivity contribution is 5.99. The predicted octanol–water partition coefficient (Wildman–Crippen LogP) is 3.99. The molecule has 2 aromatic carbocycles. The van der Waals surface area contributed by atoms with Crippen LogP contribution in [0.1, 0.15) is 43.4 Å². The average Bonchev–Trinajstić information content (AvgIpc) is 2.77.